The van der Waals surface area contributed by atoms with Crippen LogP contribution in [0.1, 0.15) is 44.9 Å². The van der Waals surface area contributed by atoms with E-state index in [1.54, 1.807) is 30.6 Å². The molecular formula is C27H32Cl2N6O7S2. The average Bonchev–Trinajstić information content (AvgIpc) is 3.41. The minimum Gasteiger partial charge on any atom is -0.425 e. The van der Waals surface area contributed by atoms with Crippen LogP contribution in [0.3, 0.4) is 0 Å². The van der Waals surface area contributed by atoms with Gasteiger partial charge in [-0.2, -0.15) is 0 Å². The third kappa shape index (κ3) is 8.08. The van der Waals surface area contributed by atoms with Crippen molar-refractivity contribution >= 4 is 88.6 Å². The zero-order valence-corrected chi connectivity index (χ0v) is 27.1. The van der Waals surface area contributed by atoms with Gasteiger partial charge in [-0.1, -0.05) is 37.2 Å². The van der Waals surface area contributed by atoms with Crippen LogP contribution in [0.15, 0.2) is 52.4 Å². The van der Waals surface area contributed by atoms with Crippen molar-refractivity contribution in [1.82, 2.24) is 20.2 Å². The van der Waals surface area contributed by atoms with Gasteiger partial charge in [-0.3, -0.25) is 24.3 Å². The second-order valence-electron chi connectivity index (χ2n) is 9.30. The number of nitrogens with one attached hydrogen (secondary N) is 1. The van der Waals surface area contributed by atoms with E-state index in [4.69, 9.17) is 15.2 Å². The van der Waals surface area contributed by atoms with E-state index in [2.05, 4.69) is 20.4 Å². The monoisotopic (exact) mass is 686 g/mol. The van der Waals surface area contributed by atoms with Crippen molar-refractivity contribution in [1.29, 1.82) is 0 Å². The Balaban J connectivity index is 0.00000337. The molecule has 2 aromatic heterocycles. The molecule has 2 amide bonds. The maximum absolute atomic E-state index is 13.4. The number of aromatic nitrogens is 2. The Morgan fingerprint density at radius 2 is 1.98 bits per heavy atom. The molecule has 1 saturated heterocycles. The van der Waals surface area contributed by atoms with Crippen molar-refractivity contribution in [3.05, 3.63) is 58.5 Å². The predicted octanol–water partition coefficient (Wildman–Crippen LogP) is 3.38. The van der Waals surface area contributed by atoms with E-state index in [0.717, 1.165) is 16.9 Å². The maximum atomic E-state index is 13.4. The number of amides is 2. The van der Waals surface area contributed by atoms with Crippen molar-refractivity contribution in [2.24, 2.45) is 11.1 Å². The van der Waals surface area contributed by atoms with Crippen LogP contribution in [-0.4, -0.2) is 73.0 Å². The highest BCUT2D eigenvalue weighted by Gasteiger charge is 2.54. The number of pyridine rings is 1. The number of hydrogen-bond donors (Lipinski definition) is 3. The van der Waals surface area contributed by atoms with Gasteiger partial charge in [0.2, 0.25) is 6.29 Å². The second-order valence-corrected chi connectivity index (χ2v) is 11.3. The van der Waals surface area contributed by atoms with E-state index in [1.807, 2.05) is 19.9 Å². The number of anilines is 1. The average molecular weight is 688 g/mol. The summed E-state index contributed by atoms with van der Waals surface area (Å²) in [5, 5.41) is 16.0. The van der Waals surface area contributed by atoms with E-state index in [-0.39, 0.29) is 47.3 Å². The fraction of sp³-hybridized carbons (Fsp3) is 0.370. The Bertz CT molecular complexity index is 1450. The summed E-state index contributed by atoms with van der Waals surface area (Å²) in [6.07, 6.45) is 6.68. The molecule has 44 heavy (non-hydrogen) atoms. The third-order valence-electron chi connectivity index (χ3n) is 6.59. The molecule has 0 saturated carbocycles. The number of carbonyl (C=O) groups is 4. The van der Waals surface area contributed by atoms with Crippen LogP contribution in [0.25, 0.3) is 6.08 Å². The van der Waals surface area contributed by atoms with E-state index in [9.17, 15) is 24.4 Å². The summed E-state index contributed by atoms with van der Waals surface area (Å²) in [7, 11) is 0. The molecule has 1 unspecified atom stereocenters. The summed E-state index contributed by atoms with van der Waals surface area (Å²) in [4.78, 5) is 61.3. The van der Waals surface area contributed by atoms with Crippen LogP contribution in [0.4, 0.5) is 5.13 Å². The lowest BCUT2D eigenvalue weighted by molar-refractivity contribution is -0.187. The second kappa shape index (κ2) is 16.4. The maximum Gasteiger partial charge on any atom is 0.358 e. The first-order chi connectivity index (χ1) is 20.2. The van der Waals surface area contributed by atoms with Gasteiger partial charge in [-0.15, -0.1) is 47.9 Å². The molecule has 4 N–H and O–H groups in total. The number of rotatable bonds is 11. The number of thioether (sulfide) groups is 1. The normalized spacial score (nSPS) is 18.5. The molecule has 1 fully saturated rings. The first kappa shape index (κ1) is 36.5. The lowest BCUT2D eigenvalue weighted by Gasteiger charge is -2.49. The van der Waals surface area contributed by atoms with E-state index in [0.29, 0.717) is 24.2 Å². The highest BCUT2D eigenvalue weighted by molar-refractivity contribution is 8.00. The first-order valence-electron chi connectivity index (χ1n) is 13.1. The van der Waals surface area contributed by atoms with Crippen LogP contribution in [0.2, 0.25) is 0 Å². The lowest BCUT2D eigenvalue weighted by Crippen LogP contribution is -2.71. The SMILES string of the molecule is CCC(CC)C(=O)OC(C)OC(=O)C1=C(/C=C\c2cccnc2)CS[C@@H]2[C@H](NC(=O)/C(=N\O)c3csc(N)n3)C(=O)N12.Cl.Cl. The van der Waals surface area contributed by atoms with Crippen molar-refractivity contribution < 1.29 is 33.9 Å². The molecule has 2 aliphatic rings. The summed E-state index contributed by atoms with van der Waals surface area (Å²) in [6.45, 7) is 5.16. The summed E-state index contributed by atoms with van der Waals surface area (Å²) in [5.41, 5.74) is 6.52. The summed E-state index contributed by atoms with van der Waals surface area (Å²) >= 11 is 2.38. The minimum absolute atomic E-state index is 0. The first-order valence-corrected chi connectivity index (χ1v) is 15.0. The van der Waals surface area contributed by atoms with E-state index < -0.39 is 47.2 Å². The Kier molecular flexibility index (Phi) is 13.6. The Morgan fingerprint density at radius 1 is 1.25 bits per heavy atom. The van der Waals surface area contributed by atoms with Crippen LogP contribution in [0.5, 0.6) is 0 Å². The number of carbonyl (C=O) groups excluding carboxylic acids is 4. The molecule has 0 bridgehead atoms. The number of thiazole rings is 1. The topological polar surface area (TPSA) is 186 Å². The molecule has 0 aliphatic carbocycles. The fourth-order valence-electron chi connectivity index (χ4n) is 4.36. The minimum atomic E-state index is -1.20. The zero-order chi connectivity index (χ0) is 30.4. The molecule has 4 heterocycles. The predicted molar refractivity (Wildman–Crippen MR) is 170 cm³/mol. The summed E-state index contributed by atoms with van der Waals surface area (Å²) in [6, 6.07) is 2.57. The third-order valence-corrected chi connectivity index (χ3v) is 8.57. The molecule has 0 spiro atoms. The molecule has 17 heteroatoms. The molecule has 238 valence electrons. The number of hydrogen-bond acceptors (Lipinski definition) is 13. The number of allylic oxidation sites excluding steroid dienone is 1. The largest absolute Gasteiger partial charge is 0.425 e. The van der Waals surface area contributed by atoms with Crippen molar-refractivity contribution in [2.45, 2.75) is 51.3 Å². The molecule has 0 radical (unpaired) electrons. The number of nitrogens with zero attached hydrogens (tertiary/aromatic N) is 4. The Morgan fingerprint density at radius 3 is 2.57 bits per heavy atom. The molecular weight excluding hydrogens is 655 g/mol. The highest BCUT2D eigenvalue weighted by atomic mass is 35.5. The molecule has 2 aromatic rings. The number of β-lactam (4-membered cyclic amide) rings is 1. The van der Waals surface area contributed by atoms with Gasteiger partial charge in [0.1, 0.15) is 22.8 Å². The lowest BCUT2D eigenvalue weighted by atomic mass is 10.0. The van der Waals surface area contributed by atoms with Crippen LogP contribution in [-0.2, 0) is 28.7 Å². The standard InChI is InChI=1S/C27H30N6O7S2.2ClH/c1-4-16(5-2)25(36)39-14(3)40-26(37)21-17(9-8-15-7-6-10-29-11-15)12-41-24-20(23(35)33(21)24)31-22(34)19(32-38)18-13-42-27(28)30-18;;/h6-11,13-14,16,20,24,38H,4-5,12H2,1-3H3,(H2,28,30)(H,31,34);2*1H/b9-8-,32-19-;;/t14?,20-,24-;;/m1../s1. The number of halogens is 2. The number of nitrogen functional groups attached to an aromatic ring is 1. The van der Waals surface area contributed by atoms with Gasteiger partial charge in [0, 0.05) is 30.5 Å². The van der Waals surface area contributed by atoms with Crippen LogP contribution >= 0.6 is 47.9 Å². The molecule has 13 nitrogen and oxygen atoms in total. The zero-order valence-electron chi connectivity index (χ0n) is 23.9. The van der Waals surface area contributed by atoms with Gasteiger partial charge in [-0.25, -0.2) is 9.78 Å². The van der Waals surface area contributed by atoms with E-state index >= 15 is 0 Å². The molecule has 0 aromatic carbocycles. The van der Waals surface area contributed by atoms with Gasteiger partial charge in [-0.05, 0) is 30.0 Å². The summed E-state index contributed by atoms with van der Waals surface area (Å²) < 4.78 is 10.8. The Labute approximate surface area is 274 Å². The van der Waals surface area contributed by atoms with E-state index in [1.165, 1.54) is 29.0 Å². The highest BCUT2D eigenvalue weighted by Crippen LogP contribution is 2.41. The van der Waals surface area contributed by atoms with Gasteiger partial charge in [0.05, 0.1) is 5.92 Å². The van der Waals surface area contributed by atoms with Crippen LogP contribution < -0.4 is 11.1 Å². The van der Waals surface area contributed by atoms with Gasteiger partial charge in [0.15, 0.2) is 10.8 Å². The molecule has 3 atom stereocenters. The molecule has 2 aliphatic heterocycles. The Hall–Kier alpha value is -3.66. The van der Waals surface area contributed by atoms with Gasteiger partial charge < -0.3 is 25.7 Å². The van der Waals surface area contributed by atoms with Gasteiger partial charge >= 0.3 is 11.9 Å². The van der Waals surface area contributed by atoms with Crippen LogP contribution in [0, 0.1) is 5.92 Å². The number of esters is 2. The number of nitrogens with two attached hydrogens (primary N) is 1. The number of ether oxygens (including phenoxy) is 2. The van der Waals surface area contributed by atoms with Crippen molar-refractivity contribution in [3.63, 3.8) is 0 Å². The number of fused-ring (bicyclic) bond motifs is 1. The number of oxime groups is 1. The van der Waals surface area contributed by atoms with Crippen molar-refractivity contribution in [2.75, 3.05) is 11.5 Å². The van der Waals surface area contributed by atoms with Crippen molar-refractivity contribution in [3.8, 4) is 0 Å². The quantitative estimate of drug-likeness (QED) is 0.0785. The fourth-order valence-corrected chi connectivity index (χ4v) is 6.23. The van der Waals surface area contributed by atoms with Gasteiger partial charge in [0.25, 0.3) is 11.8 Å². The summed E-state index contributed by atoms with van der Waals surface area (Å²) in [5.74, 6) is -2.77. The smallest absolute Gasteiger partial charge is 0.358 e. The molecule has 4 rings (SSSR count).